The summed E-state index contributed by atoms with van der Waals surface area (Å²) >= 11 is 0. The van der Waals surface area contributed by atoms with E-state index in [0.29, 0.717) is 12.1 Å². The number of anilines is 1. The first-order valence-corrected chi connectivity index (χ1v) is 7.49. The van der Waals surface area contributed by atoms with Gasteiger partial charge in [0.2, 0.25) is 5.91 Å². The molecule has 0 bridgehead atoms. The molecule has 0 radical (unpaired) electrons. The first kappa shape index (κ1) is 15.5. The molecule has 1 saturated heterocycles. The normalized spacial score (nSPS) is 20.9. The Balaban J connectivity index is 1.57. The van der Waals surface area contributed by atoms with E-state index >= 15 is 0 Å². The molecule has 1 aliphatic heterocycles. The molecule has 2 aromatic rings. The van der Waals surface area contributed by atoms with E-state index in [1.807, 2.05) is 31.2 Å². The zero-order valence-corrected chi connectivity index (χ0v) is 12.8. The third-order valence-electron chi connectivity index (χ3n) is 3.70. The molecule has 0 aliphatic carbocycles. The Morgan fingerprint density at radius 3 is 2.61 bits per heavy atom. The minimum Gasteiger partial charge on any atom is -0.352 e. The Bertz CT molecular complexity index is 689. The van der Waals surface area contributed by atoms with Crippen molar-refractivity contribution in [2.45, 2.75) is 25.7 Å². The number of amides is 1. The van der Waals surface area contributed by atoms with Gasteiger partial charge in [-0.2, -0.15) is 0 Å². The van der Waals surface area contributed by atoms with E-state index in [2.05, 4.69) is 21.5 Å². The van der Waals surface area contributed by atoms with Gasteiger partial charge in [0, 0.05) is 5.69 Å². The third kappa shape index (κ3) is 4.06. The molecule has 3 rings (SSSR count). The van der Waals surface area contributed by atoms with E-state index in [0.717, 1.165) is 5.56 Å². The molecule has 5 nitrogen and oxygen atoms in total. The summed E-state index contributed by atoms with van der Waals surface area (Å²) in [5.74, 6) is -0.444. The predicted molar refractivity (Wildman–Crippen MR) is 86.9 cm³/mol. The minimum absolute atomic E-state index is 0.113. The van der Waals surface area contributed by atoms with E-state index in [-0.39, 0.29) is 17.8 Å². The van der Waals surface area contributed by atoms with Crippen LogP contribution < -0.4 is 21.5 Å². The van der Waals surface area contributed by atoms with Crippen LogP contribution in [0.5, 0.6) is 0 Å². The summed E-state index contributed by atoms with van der Waals surface area (Å²) in [6.45, 7) is 2.03. The van der Waals surface area contributed by atoms with Gasteiger partial charge in [0.1, 0.15) is 11.9 Å². The van der Waals surface area contributed by atoms with Crippen LogP contribution in [0.15, 0.2) is 48.5 Å². The van der Waals surface area contributed by atoms with Crippen molar-refractivity contribution in [3.05, 3.63) is 65.5 Å². The lowest BCUT2D eigenvalue weighted by molar-refractivity contribution is -0.126. The number of aryl methyl sites for hydroxylation is 1. The van der Waals surface area contributed by atoms with Crippen molar-refractivity contribution in [1.82, 2.24) is 16.2 Å². The molecule has 4 N–H and O–H groups in total. The summed E-state index contributed by atoms with van der Waals surface area (Å²) in [4.78, 5) is 12.2. The van der Waals surface area contributed by atoms with Gasteiger partial charge in [-0.15, -0.1) is 0 Å². The average Bonchev–Trinajstić information content (AvgIpc) is 2.52. The van der Waals surface area contributed by atoms with Crippen molar-refractivity contribution in [2.75, 3.05) is 5.32 Å². The van der Waals surface area contributed by atoms with Crippen molar-refractivity contribution < 1.29 is 9.18 Å². The molecule has 2 aromatic carbocycles. The lowest BCUT2D eigenvalue weighted by Gasteiger charge is -2.32. The largest absolute Gasteiger partial charge is 0.352 e. The topological polar surface area (TPSA) is 65.2 Å². The number of benzene rings is 2. The van der Waals surface area contributed by atoms with Crippen molar-refractivity contribution >= 4 is 11.6 Å². The van der Waals surface area contributed by atoms with Crippen LogP contribution in [-0.2, 0) is 11.2 Å². The SMILES string of the molecule is Cc1ccc(CC2NNC(Nc3cccc(F)c3)NC2=O)cc1. The summed E-state index contributed by atoms with van der Waals surface area (Å²) in [6.07, 6.45) is 0.0878. The monoisotopic (exact) mass is 314 g/mol. The van der Waals surface area contributed by atoms with Gasteiger partial charge in [0.15, 0.2) is 6.29 Å². The number of hydrogen-bond acceptors (Lipinski definition) is 4. The zero-order valence-electron chi connectivity index (χ0n) is 12.8. The van der Waals surface area contributed by atoms with E-state index in [1.165, 1.54) is 17.7 Å². The fourth-order valence-corrected chi connectivity index (χ4v) is 2.45. The van der Waals surface area contributed by atoms with E-state index in [9.17, 15) is 9.18 Å². The second kappa shape index (κ2) is 6.76. The van der Waals surface area contributed by atoms with Crippen molar-refractivity contribution in [1.29, 1.82) is 0 Å². The first-order valence-electron chi connectivity index (χ1n) is 7.49. The standard InChI is InChI=1S/C17H19FN4O/c1-11-5-7-12(8-6-11)9-15-16(23)20-17(22-21-15)19-14-4-2-3-13(18)10-14/h2-8,10,15,17,19,21-22H,9H2,1H3,(H,20,23). The molecule has 2 atom stereocenters. The number of nitrogens with one attached hydrogen (secondary N) is 4. The smallest absolute Gasteiger partial charge is 0.241 e. The number of carbonyl (C=O) groups is 1. The molecule has 120 valence electrons. The maximum Gasteiger partial charge on any atom is 0.241 e. The molecule has 0 spiro atoms. The second-order valence-corrected chi connectivity index (χ2v) is 5.63. The summed E-state index contributed by atoms with van der Waals surface area (Å²) in [6, 6.07) is 13.8. The molecule has 23 heavy (non-hydrogen) atoms. The number of rotatable bonds is 4. The minimum atomic E-state index is -0.501. The van der Waals surface area contributed by atoms with Gasteiger partial charge in [-0.25, -0.2) is 15.2 Å². The van der Waals surface area contributed by atoms with Crippen LogP contribution in [-0.4, -0.2) is 18.2 Å². The number of hydrazine groups is 1. The Kier molecular flexibility index (Phi) is 4.55. The maximum absolute atomic E-state index is 13.2. The highest BCUT2D eigenvalue weighted by atomic mass is 19.1. The Hall–Kier alpha value is -2.44. The van der Waals surface area contributed by atoms with Gasteiger partial charge < -0.3 is 10.6 Å². The first-order chi connectivity index (χ1) is 11.1. The molecule has 0 aromatic heterocycles. The zero-order chi connectivity index (χ0) is 16.2. The van der Waals surface area contributed by atoms with Crippen LogP contribution in [0.4, 0.5) is 10.1 Å². The van der Waals surface area contributed by atoms with Crippen molar-refractivity contribution in [3.63, 3.8) is 0 Å². The molecule has 6 heteroatoms. The number of carbonyl (C=O) groups excluding carboxylic acids is 1. The lowest BCUT2D eigenvalue weighted by Crippen LogP contribution is -2.68. The van der Waals surface area contributed by atoms with Crippen LogP contribution in [0, 0.1) is 12.7 Å². The molecular formula is C17H19FN4O. The molecular weight excluding hydrogens is 295 g/mol. The quantitative estimate of drug-likeness (QED) is 0.693. The summed E-state index contributed by atoms with van der Waals surface area (Å²) in [5.41, 5.74) is 8.84. The van der Waals surface area contributed by atoms with Gasteiger partial charge in [-0.1, -0.05) is 35.9 Å². The molecule has 2 unspecified atom stereocenters. The summed E-state index contributed by atoms with van der Waals surface area (Å²) < 4.78 is 13.2. The van der Waals surface area contributed by atoms with E-state index < -0.39 is 6.29 Å². The van der Waals surface area contributed by atoms with Gasteiger partial charge in [0.25, 0.3) is 0 Å². The van der Waals surface area contributed by atoms with Crippen molar-refractivity contribution in [2.24, 2.45) is 0 Å². The van der Waals surface area contributed by atoms with Crippen LogP contribution >= 0.6 is 0 Å². The fraction of sp³-hybridized carbons (Fsp3) is 0.235. The van der Waals surface area contributed by atoms with Gasteiger partial charge in [0.05, 0.1) is 0 Å². The average molecular weight is 314 g/mol. The van der Waals surface area contributed by atoms with Crippen molar-refractivity contribution in [3.8, 4) is 0 Å². The van der Waals surface area contributed by atoms with Crippen LogP contribution in [0.25, 0.3) is 0 Å². The molecule has 1 heterocycles. The Labute approximate surface area is 134 Å². The van der Waals surface area contributed by atoms with Crippen LogP contribution in [0.1, 0.15) is 11.1 Å². The van der Waals surface area contributed by atoms with Crippen LogP contribution in [0.3, 0.4) is 0 Å². The van der Waals surface area contributed by atoms with E-state index in [4.69, 9.17) is 0 Å². The van der Waals surface area contributed by atoms with E-state index in [1.54, 1.807) is 12.1 Å². The molecule has 0 saturated carbocycles. The molecule has 1 amide bonds. The summed E-state index contributed by atoms with van der Waals surface area (Å²) in [7, 11) is 0. The highest BCUT2D eigenvalue weighted by molar-refractivity contribution is 5.83. The third-order valence-corrected chi connectivity index (χ3v) is 3.70. The number of halogens is 1. The fourth-order valence-electron chi connectivity index (χ4n) is 2.45. The highest BCUT2D eigenvalue weighted by Gasteiger charge is 2.27. The lowest BCUT2D eigenvalue weighted by atomic mass is 10.0. The van der Waals surface area contributed by atoms with Gasteiger partial charge >= 0.3 is 0 Å². The van der Waals surface area contributed by atoms with Gasteiger partial charge in [-0.05, 0) is 37.1 Å². The van der Waals surface area contributed by atoms with Gasteiger partial charge in [-0.3, -0.25) is 4.79 Å². The predicted octanol–water partition coefficient (Wildman–Crippen LogP) is 1.66. The second-order valence-electron chi connectivity index (χ2n) is 5.63. The molecule has 1 fully saturated rings. The maximum atomic E-state index is 13.2. The number of hydrogen-bond donors (Lipinski definition) is 4. The highest BCUT2D eigenvalue weighted by Crippen LogP contribution is 2.11. The van der Waals surface area contributed by atoms with Crippen LogP contribution in [0.2, 0.25) is 0 Å². The molecule has 1 aliphatic rings. The Morgan fingerprint density at radius 2 is 1.91 bits per heavy atom. The summed E-state index contributed by atoms with van der Waals surface area (Å²) in [5, 5.41) is 5.82. The Morgan fingerprint density at radius 1 is 1.13 bits per heavy atom.